The van der Waals surface area contributed by atoms with Crippen molar-refractivity contribution in [3.63, 3.8) is 0 Å². The van der Waals surface area contributed by atoms with Crippen LogP contribution in [0.5, 0.6) is 0 Å². The summed E-state index contributed by atoms with van der Waals surface area (Å²) in [6, 6.07) is 38.2. The van der Waals surface area contributed by atoms with Gasteiger partial charge in [-0.1, -0.05) is 103 Å². The number of nitrogens with zero attached hydrogens (tertiary/aromatic N) is 5. The lowest BCUT2D eigenvalue weighted by molar-refractivity contribution is 1.13. The molecule has 0 amide bonds. The van der Waals surface area contributed by atoms with Crippen molar-refractivity contribution in [3.8, 4) is 0 Å². The molecule has 4 aromatic heterocycles. The van der Waals surface area contributed by atoms with Gasteiger partial charge in [0.15, 0.2) is 5.65 Å². The number of benzene rings is 4. The Kier molecular flexibility index (Phi) is 7.97. The summed E-state index contributed by atoms with van der Waals surface area (Å²) in [7, 11) is 0. The summed E-state index contributed by atoms with van der Waals surface area (Å²) in [5, 5.41) is 3.58. The zero-order valence-corrected chi connectivity index (χ0v) is 26.7. The maximum atomic E-state index is 4.58. The molecule has 0 saturated carbocycles. The molecule has 5 nitrogen and oxygen atoms in total. The summed E-state index contributed by atoms with van der Waals surface area (Å²) in [5.41, 5.74) is 9.79. The van der Waals surface area contributed by atoms with Gasteiger partial charge in [-0.05, 0) is 72.7 Å². The number of pyridine rings is 1. The number of para-hydroxylation sites is 1. The van der Waals surface area contributed by atoms with Crippen molar-refractivity contribution in [3.05, 3.63) is 160 Å². The molecule has 9 rings (SSSR count). The van der Waals surface area contributed by atoms with E-state index in [1.54, 1.807) is 24.8 Å². The average Bonchev–Trinajstić information content (AvgIpc) is 3.70. The van der Waals surface area contributed by atoms with Crippen LogP contribution in [0, 0.1) is 0 Å². The summed E-state index contributed by atoms with van der Waals surface area (Å²) < 4.78 is 3.68. The summed E-state index contributed by atoms with van der Waals surface area (Å²) >= 11 is 6.35. The first-order valence-electron chi connectivity index (χ1n) is 14.1. The van der Waals surface area contributed by atoms with Crippen molar-refractivity contribution in [2.75, 3.05) is 0 Å². The summed E-state index contributed by atoms with van der Waals surface area (Å²) in [5.74, 6) is 0. The maximum absolute atomic E-state index is 4.58. The van der Waals surface area contributed by atoms with Gasteiger partial charge in [0, 0.05) is 40.9 Å². The van der Waals surface area contributed by atoms with Gasteiger partial charge in [-0.15, -0.1) is 0 Å². The van der Waals surface area contributed by atoms with Crippen LogP contribution in [0.15, 0.2) is 143 Å². The standard InChI is InChI=1S/C18H11N3.C15H12.C4H2Br2N2/c1-4-8-15-12(5-1)11-16-13-6-2-3-7-14(13)17-18(21(15)16)20-10-9-19-17;1-2-6-12(7-3-1)15-10-13-8-4-5-9-14(13)11-15;5-3-4(6)8-2-1-7-3/h1-11H;1-10H,11H2;1-2H. The van der Waals surface area contributed by atoms with Gasteiger partial charge in [0.1, 0.15) is 14.7 Å². The van der Waals surface area contributed by atoms with Gasteiger partial charge in [-0.2, -0.15) is 0 Å². The van der Waals surface area contributed by atoms with Gasteiger partial charge in [0.05, 0.1) is 11.0 Å². The Morgan fingerprint density at radius 1 is 0.568 bits per heavy atom. The topological polar surface area (TPSA) is 56.0 Å². The third kappa shape index (κ3) is 5.52. The molecule has 1 aliphatic carbocycles. The minimum atomic E-state index is 0.736. The van der Waals surface area contributed by atoms with Crippen LogP contribution in [0.4, 0.5) is 0 Å². The minimum Gasteiger partial charge on any atom is -0.292 e. The summed E-state index contributed by atoms with van der Waals surface area (Å²) in [4.78, 5) is 16.9. The van der Waals surface area contributed by atoms with Crippen molar-refractivity contribution in [2.45, 2.75) is 6.42 Å². The highest BCUT2D eigenvalue weighted by Gasteiger charge is 2.13. The van der Waals surface area contributed by atoms with Gasteiger partial charge >= 0.3 is 0 Å². The van der Waals surface area contributed by atoms with E-state index in [0.717, 1.165) is 32.2 Å². The molecule has 0 spiro atoms. The van der Waals surface area contributed by atoms with E-state index >= 15 is 0 Å². The lowest BCUT2D eigenvalue weighted by Gasteiger charge is -2.07. The molecule has 212 valence electrons. The van der Waals surface area contributed by atoms with E-state index in [1.807, 2.05) is 0 Å². The van der Waals surface area contributed by atoms with Crippen LogP contribution >= 0.6 is 31.9 Å². The molecule has 0 aliphatic heterocycles. The monoisotopic (exact) mass is 697 g/mol. The largest absolute Gasteiger partial charge is 0.292 e. The Balaban J connectivity index is 0.000000118. The van der Waals surface area contributed by atoms with Crippen molar-refractivity contribution >= 4 is 81.9 Å². The number of aromatic nitrogens is 5. The third-order valence-corrected chi connectivity index (χ3v) is 9.28. The average molecular weight is 699 g/mol. The fraction of sp³-hybridized carbons (Fsp3) is 0.0270. The predicted octanol–water partition coefficient (Wildman–Crippen LogP) is 9.97. The second-order valence-electron chi connectivity index (χ2n) is 10.2. The lowest BCUT2D eigenvalue weighted by Crippen LogP contribution is -1.94. The van der Waals surface area contributed by atoms with Gasteiger partial charge in [-0.25, -0.2) is 15.0 Å². The highest BCUT2D eigenvalue weighted by molar-refractivity contribution is 9.13. The zero-order chi connectivity index (χ0) is 29.9. The quantitative estimate of drug-likeness (QED) is 0.160. The molecule has 8 aromatic rings. The second-order valence-corrected chi connectivity index (χ2v) is 11.7. The van der Waals surface area contributed by atoms with Crippen LogP contribution in [-0.2, 0) is 6.42 Å². The van der Waals surface area contributed by atoms with E-state index in [9.17, 15) is 0 Å². The molecule has 0 N–H and O–H groups in total. The third-order valence-electron chi connectivity index (χ3n) is 7.58. The molecule has 0 unspecified atom stereocenters. The van der Waals surface area contributed by atoms with Crippen LogP contribution in [-0.4, -0.2) is 24.3 Å². The summed E-state index contributed by atoms with van der Waals surface area (Å²) in [6.07, 6.45) is 10.1. The molecule has 0 fully saturated rings. The predicted molar refractivity (Wildman–Crippen MR) is 187 cm³/mol. The molecular formula is C37H25Br2N5. The van der Waals surface area contributed by atoms with Crippen molar-refractivity contribution in [1.82, 2.24) is 24.3 Å². The van der Waals surface area contributed by atoms with Gasteiger partial charge in [0.25, 0.3) is 0 Å². The fourth-order valence-electron chi connectivity index (χ4n) is 5.60. The molecule has 44 heavy (non-hydrogen) atoms. The van der Waals surface area contributed by atoms with Crippen LogP contribution in [0.2, 0.25) is 0 Å². The maximum Gasteiger partial charge on any atom is 0.164 e. The fourth-order valence-corrected chi connectivity index (χ4v) is 6.04. The number of fused-ring (bicyclic) bond motifs is 9. The first-order valence-corrected chi connectivity index (χ1v) is 15.7. The SMILES string of the molecule is Brc1nccnc1Br.C1=C(c2ccccc2)Cc2ccccc21.c1ccc2c(c1)cc1c3ccccc3c3nccnc3n21. The molecular weight excluding hydrogens is 674 g/mol. The van der Waals surface area contributed by atoms with Crippen molar-refractivity contribution in [2.24, 2.45) is 0 Å². The lowest BCUT2D eigenvalue weighted by atomic mass is 10.0. The Morgan fingerprint density at radius 3 is 1.98 bits per heavy atom. The van der Waals surface area contributed by atoms with Crippen molar-refractivity contribution in [1.29, 1.82) is 0 Å². The van der Waals surface area contributed by atoms with E-state index in [4.69, 9.17) is 0 Å². The first-order chi connectivity index (χ1) is 21.7. The Hall–Kier alpha value is -4.72. The Labute approximate surface area is 271 Å². The normalized spacial score (nSPS) is 11.9. The van der Waals surface area contributed by atoms with Crippen molar-refractivity contribution < 1.29 is 0 Å². The first kappa shape index (κ1) is 28.1. The van der Waals surface area contributed by atoms with Gasteiger partial charge < -0.3 is 0 Å². The van der Waals surface area contributed by atoms with Crippen LogP contribution in [0.25, 0.3) is 50.0 Å². The molecule has 0 radical (unpaired) electrons. The van der Waals surface area contributed by atoms with E-state index < -0.39 is 0 Å². The highest BCUT2D eigenvalue weighted by atomic mass is 79.9. The molecule has 4 aromatic carbocycles. The highest BCUT2D eigenvalue weighted by Crippen LogP contribution is 2.32. The number of hydrogen-bond acceptors (Lipinski definition) is 4. The van der Waals surface area contributed by atoms with Crippen LogP contribution in [0.3, 0.4) is 0 Å². The minimum absolute atomic E-state index is 0.736. The van der Waals surface area contributed by atoms with Crippen LogP contribution in [0.1, 0.15) is 16.7 Å². The molecule has 4 heterocycles. The van der Waals surface area contributed by atoms with E-state index in [0.29, 0.717) is 0 Å². The second kappa shape index (κ2) is 12.5. The molecule has 7 heteroatoms. The number of rotatable bonds is 1. The van der Waals surface area contributed by atoms with E-state index in [-0.39, 0.29) is 0 Å². The number of hydrogen-bond donors (Lipinski definition) is 0. The summed E-state index contributed by atoms with van der Waals surface area (Å²) in [6.45, 7) is 0. The van der Waals surface area contributed by atoms with Gasteiger partial charge in [0.2, 0.25) is 0 Å². The van der Waals surface area contributed by atoms with Gasteiger partial charge in [-0.3, -0.25) is 9.38 Å². The van der Waals surface area contributed by atoms with E-state index in [2.05, 4.69) is 171 Å². The number of halogens is 2. The van der Waals surface area contributed by atoms with E-state index in [1.165, 1.54) is 44.1 Å². The molecule has 1 aliphatic rings. The zero-order valence-electron chi connectivity index (χ0n) is 23.5. The smallest absolute Gasteiger partial charge is 0.164 e. The number of allylic oxidation sites excluding steroid dienone is 1. The van der Waals surface area contributed by atoms with Crippen LogP contribution < -0.4 is 0 Å². The Morgan fingerprint density at radius 2 is 1.20 bits per heavy atom. The molecule has 0 atom stereocenters. The molecule has 0 bridgehead atoms. The Bertz CT molecular complexity index is 2270. The molecule has 0 saturated heterocycles.